The van der Waals surface area contributed by atoms with Gasteiger partial charge in [0.15, 0.2) is 16.6 Å². The minimum Gasteiger partial charge on any atom is -0.464 e. The first-order valence-corrected chi connectivity index (χ1v) is 6.65. The summed E-state index contributed by atoms with van der Waals surface area (Å²) in [7, 11) is 3.22. The molecule has 0 saturated heterocycles. The summed E-state index contributed by atoms with van der Waals surface area (Å²) in [6.45, 7) is 2.36. The number of thiazole rings is 1. The van der Waals surface area contributed by atoms with Gasteiger partial charge in [-0.1, -0.05) is 11.3 Å². The van der Waals surface area contributed by atoms with E-state index in [4.69, 9.17) is 0 Å². The number of ether oxygens (including phenoxy) is 1. The molecule has 1 aromatic heterocycles. The van der Waals surface area contributed by atoms with Crippen LogP contribution in [0.2, 0.25) is 0 Å². The van der Waals surface area contributed by atoms with Gasteiger partial charge in [0.2, 0.25) is 0 Å². The summed E-state index contributed by atoms with van der Waals surface area (Å²) in [6, 6.07) is 0. The van der Waals surface area contributed by atoms with Crippen molar-refractivity contribution in [3.63, 3.8) is 0 Å². The largest absolute Gasteiger partial charge is 0.464 e. The number of esters is 1. The molecule has 6 heteroatoms. The van der Waals surface area contributed by atoms with Gasteiger partial charge >= 0.3 is 5.97 Å². The Kier molecular flexibility index (Phi) is 3.65. The van der Waals surface area contributed by atoms with Crippen molar-refractivity contribution >= 4 is 28.2 Å². The molecule has 98 valence electrons. The number of methoxy groups -OCH3 is 1. The SMILES string of the molecule is COC(=O)c1nc(N(C)CC2CC2)sc1C(C)=O. The third kappa shape index (κ3) is 2.69. The number of Topliss-reactive ketones (excluding diaryl/α,β-unsaturated/α-hetero) is 1. The van der Waals surface area contributed by atoms with Crippen molar-refractivity contribution < 1.29 is 14.3 Å². The number of rotatable bonds is 5. The highest BCUT2D eigenvalue weighted by Gasteiger charge is 2.27. The number of aromatic nitrogens is 1. The molecule has 1 aliphatic rings. The fourth-order valence-electron chi connectivity index (χ4n) is 1.71. The molecule has 1 aromatic rings. The van der Waals surface area contributed by atoms with Crippen LogP contribution in [0.25, 0.3) is 0 Å². The standard InChI is InChI=1S/C12H16N2O3S/c1-7(15)10-9(11(16)17-3)13-12(18-10)14(2)6-8-4-5-8/h8H,4-6H2,1-3H3. The molecule has 1 saturated carbocycles. The fraction of sp³-hybridized carbons (Fsp3) is 0.583. The number of hydrogen-bond acceptors (Lipinski definition) is 6. The van der Waals surface area contributed by atoms with Gasteiger partial charge in [-0.2, -0.15) is 0 Å². The Morgan fingerprint density at radius 3 is 2.67 bits per heavy atom. The lowest BCUT2D eigenvalue weighted by Crippen LogP contribution is -2.19. The van der Waals surface area contributed by atoms with E-state index in [0.29, 0.717) is 10.0 Å². The fourth-order valence-corrected chi connectivity index (χ4v) is 2.63. The van der Waals surface area contributed by atoms with Crippen molar-refractivity contribution in [2.75, 3.05) is 25.6 Å². The van der Waals surface area contributed by atoms with Crippen LogP contribution in [-0.4, -0.2) is 37.4 Å². The lowest BCUT2D eigenvalue weighted by Gasteiger charge is -2.14. The quantitative estimate of drug-likeness (QED) is 0.603. The summed E-state index contributed by atoms with van der Waals surface area (Å²) in [5, 5.41) is 0.701. The number of anilines is 1. The first-order chi connectivity index (χ1) is 8.52. The van der Waals surface area contributed by atoms with Crippen LogP contribution in [0.5, 0.6) is 0 Å². The summed E-state index contributed by atoms with van der Waals surface area (Å²) in [5.74, 6) is 0.0164. The van der Waals surface area contributed by atoms with Crippen LogP contribution in [0, 0.1) is 5.92 Å². The molecule has 0 unspecified atom stereocenters. The number of hydrogen-bond donors (Lipinski definition) is 0. The Hall–Kier alpha value is -1.43. The van der Waals surface area contributed by atoms with Gasteiger partial charge in [-0.25, -0.2) is 9.78 Å². The Bertz CT molecular complexity index is 480. The average molecular weight is 268 g/mol. The summed E-state index contributed by atoms with van der Waals surface area (Å²) in [5.41, 5.74) is 0.132. The third-order valence-corrected chi connectivity index (χ3v) is 4.14. The van der Waals surface area contributed by atoms with Gasteiger partial charge in [0.1, 0.15) is 4.88 Å². The molecule has 18 heavy (non-hydrogen) atoms. The Labute approximate surface area is 110 Å². The molecular formula is C12H16N2O3S. The third-order valence-electron chi connectivity index (χ3n) is 2.87. The normalized spacial score (nSPS) is 14.4. The topological polar surface area (TPSA) is 59.5 Å². The molecule has 0 radical (unpaired) electrons. The van der Waals surface area contributed by atoms with Crippen LogP contribution < -0.4 is 4.90 Å². The van der Waals surface area contributed by atoms with Crippen LogP contribution in [0.1, 0.15) is 39.9 Å². The van der Waals surface area contributed by atoms with E-state index in [1.807, 2.05) is 11.9 Å². The molecule has 0 amide bonds. The second-order valence-corrected chi connectivity index (χ2v) is 5.52. The van der Waals surface area contributed by atoms with Crippen LogP contribution in [0.4, 0.5) is 5.13 Å². The van der Waals surface area contributed by atoms with Crippen molar-refractivity contribution in [1.29, 1.82) is 0 Å². The van der Waals surface area contributed by atoms with Gasteiger partial charge in [-0.3, -0.25) is 4.79 Å². The molecule has 0 N–H and O–H groups in total. The average Bonchev–Trinajstić information content (AvgIpc) is 3.02. The maximum Gasteiger partial charge on any atom is 0.358 e. The first kappa shape index (κ1) is 13.0. The number of carbonyl (C=O) groups excluding carboxylic acids is 2. The molecule has 0 bridgehead atoms. The van der Waals surface area contributed by atoms with E-state index in [9.17, 15) is 9.59 Å². The van der Waals surface area contributed by atoms with Gasteiger partial charge in [-0.05, 0) is 18.8 Å². The van der Waals surface area contributed by atoms with Crippen molar-refractivity contribution in [1.82, 2.24) is 4.98 Å². The number of nitrogens with zero attached hydrogens (tertiary/aromatic N) is 2. The second kappa shape index (κ2) is 5.06. The van der Waals surface area contributed by atoms with Gasteiger partial charge in [0, 0.05) is 20.5 Å². The zero-order valence-electron chi connectivity index (χ0n) is 10.7. The summed E-state index contributed by atoms with van der Waals surface area (Å²) in [6.07, 6.45) is 2.50. The van der Waals surface area contributed by atoms with Gasteiger partial charge < -0.3 is 9.64 Å². The molecule has 1 aliphatic carbocycles. The first-order valence-electron chi connectivity index (χ1n) is 5.84. The van der Waals surface area contributed by atoms with E-state index < -0.39 is 5.97 Å². The van der Waals surface area contributed by atoms with Gasteiger partial charge in [0.05, 0.1) is 7.11 Å². The smallest absolute Gasteiger partial charge is 0.358 e. The lowest BCUT2D eigenvalue weighted by molar-refractivity contribution is 0.0591. The highest BCUT2D eigenvalue weighted by atomic mass is 32.1. The van der Waals surface area contributed by atoms with Crippen molar-refractivity contribution in [2.24, 2.45) is 5.92 Å². The predicted molar refractivity (Wildman–Crippen MR) is 69.5 cm³/mol. The maximum atomic E-state index is 11.6. The summed E-state index contributed by atoms with van der Waals surface area (Å²) < 4.78 is 4.65. The van der Waals surface area contributed by atoms with Crippen LogP contribution in [0.15, 0.2) is 0 Å². The predicted octanol–water partition coefficient (Wildman–Crippen LogP) is 1.98. The maximum absolute atomic E-state index is 11.6. The molecule has 1 heterocycles. The second-order valence-electron chi connectivity index (χ2n) is 4.55. The highest BCUT2D eigenvalue weighted by molar-refractivity contribution is 7.17. The van der Waals surface area contributed by atoms with Crippen molar-refractivity contribution in [3.05, 3.63) is 10.6 Å². The zero-order chi connectivity index (χ0) is 13.3. The minimum absolute atomic E-state index is 0.132. The Balaban J connectivity index is 2.25. The van der Waals surface area contributed by atoms with E-state index in [1.54, 1.807) is 0 Å². The Morgan fingerprint density at radius 2 is 2.17 bits per heavy atom. The van der Waals surface area contributed by atoms with Crippen LogP contribution in [-0.2, 0) is 4.74 Å². The molecule has 0 spiro atoms. The molecule has 5 nitrogen and oxygen atoms in total. The molecule has 0 aromatic carbocycles. The van der Waals surface area contributed by atoms with Gasteiger partial charge in [0.25, 0.3) is 0 Å². The molecule has 0 aliphatic heterocycles. The van der Waals surface area contributed by atoms with Crippen molar-refractivity contribution in [3.8, 4) is 0 Å². The van der Waals surface area contributed by atoms with E-state index in [2.05, 4.69) is 9.72 Å². The highest BCUT2D eigenvalue weighted by Crippen LogP contribution is 2.33. The summed E-state index contributed by atoms with van der Waals surface area (Å²) in [4.78, 5) is 29.7. The molecule has 0 atom stereocenters. The molecule has 2 rings (SSSR count). The van der Waals surface area contributed by atoms with E-state index in [0.717, 1.165) is 12.5 Å². The zero-order valence-corrected chi connectivity index (χ0v) is 11.5. The molecule has 1 fully saturated rings. The van der Waals surface area contributed by atoms with E-state index >= 15 is 0 Å². The Morgan fingerprint density at radius 1 is 1.50 bits per heavy atom. The number of carbonyl (C=O) groups is 2. The van der Waals surface area contributed by atoms with Crippen molar-refractivity contribution in [2.45, 2.75) is 19.8 Å². The summed E-state index contributed by atoms with van der Waals surface area (Å²) >= 11 is 1.25. The van der Waals surface area contributed by atoms with E-state index in [1.165, 1.54) is 38.2 Å². The van der Waals surface area contributed by atoms with Crippen LogP contribution >= 0.6 is 11.3 Å². The number of ketones is 1. The monoisotopic (exact) mass is 268 g/mol. The van der Waals surface area contributed by atoms with E-state index in [-0.39, 0.29) is 11.5 Å². The minimum atomic E-state index is -0.553. The lowest BCUT2D eigenvalue weighted by atomic mass is 10.3. The molecular weight excluding hydrogens is 252 g/mol. The van der Waals surface area contributed by atoms with Crippen LogP contribution in [0.3, 0.4) is 0 Å². The van der Waals surface area contributed by atoms with Gasteiger partial charge in [-0.15, -0.1) is 0 Å².